The first-order valence-corrected chi connectivity index (χ1v) is 10.1. The summed E-state index contributed by atoms with van der Waals surface area (Å²) in [6.07, 6.45) is 1.16. The highest BCUT2D eigenvalue weighted by Gasteiger charge is 2.22. The first kappa shape index (κ1) is 21.4. The molecular weight excluding hydrogens is 378 g/mol. The lowest BCUT2D eigenvalue weighted by Crippen LogP contribution is -2.18. The highest BCUT2D eigenvalue weighted by molar-refractivity contribution is 6.07. The molecule has 0 aliphatic rings. The molecule has 0 saturated carbocycles. The summed E-state index contributed by atoms with van der Waals surface area (Å²) in [6, 6.07) is 13.3. The van der Waals surface area contributed by atoms with Gasteiger partial charge in [0.2, 0.25) is 5.91 Å². The van der Waals surface area contributed by atoms with Crippen molar-refractivity contribution in [2.75, 3.05) is 17.7 Å². The van der Waals surface area contributed by atoms with Crippen molar-refractivity contribution in [3.05, 3.63) is 53.7 Å². The molecular formula is C24H29N3O3. The Hall–Kier alpha value is -3.28. The number of rotatable bonds is 6. The van der Waals surface area contributed by atoms with Crippen molar-refractivity contribution in [3.63, 3.8) is 0 Å². The second-order valence-electron chi connectivity index (χ2n) is 8.38. The molecule has 0 aliphatic carbocycles. The number of methoxy groups -OCH3 is 1. The molecule has 0 saturated heterocycles. The predicted molar refractivity (Wildman–Crippen MR) is 121 cm³/mol. The fourth-order valence-electron chi connectivity index (χ4n) is 3.29. The minimum absolute atomic E-state index is 0.0882. The van der Waals surface area contributed by atoms with Crippen molar-refractivity contribution in [1.82, 2.24) is 4.98 Å². The Bertz CT molecular complexity index is 1040. The van der Waals surface area contributed by atoms with E-state index in [0.29, 0.717) is 29.2 Å². The molecule has 1 heterocycles. The molecule has 3 N–H and O–H groups in total. The Balaban J connectivity index is 2.00. The van der Waals surface area contributed by atoms with Crippen molar-refractivity contribution in [2.45, 2.75) is 46.0 Å². The second-order valence-corrected chi connectivity index (χ2v) is 8.38. The number of hydrogen-bond donors (Lipinski definition) is 3. The van der Waals surface area contributed by atoms with E-state index in [1.165, 1.54) is 7.11 Å². The number of carbonyl (C=O) groups excluding carboxylic acids is 2. The minimum atomic E-state index is -0.276. The first-order chi connectivity index (χ1) is 14.2. The average Bonchev–Trinajstić information content (AvgIpc) is 3.11. The third-order valence-corrected chi connectivity index (χ3v) is 4.93. The van der Waals surface area contributed by atoms with Crippen molar-refractivity contribution in [3.8, 4) is 5.75 Å². The van der Waals surface area contributed by atoms with Gasteiger partial charge in [0.15, 0.2) is 5.75 Å². The molecule has 2 aromatic carbocycles. The standard InChI is InChI=1S/C24H29N3O3/c1-6-9-21(28)26-18-13-16(24(2,3)4)14-19(22(18)30-5)27-23(29)20-12-15-10-7-8-11-17(15)25-20/h7-8,10-14,25H,6,9H2,1-5H3,(H,26,28)(H,27,29). The molecule has 6 nitrogen and oxygen atoms in total. The predicted octanol–water partition coefficient (Wildman–Crippen LogP) is 5.46. The van der Waals surface area contributed by atoms with Crippen molar-refractivity contribution in [1.29, 1.82) is 0 Å². The van der Waals surface area contributed by atoms with Crippen molar-refractivity contribution in [2.24, 2.45) is 0 Å². The fourth-order valence-corrected chi connectivity index (χ4v) is 3.29. The van der Waals surface area contributed by atoms with E-state index in [0.717, 1.165) is 22.9 Å². The van der Waals surface area contributed by atoms with Gasteiger partial charge in [-0.1, -0.05) is 45.9 Å². The van der Waals surface area contributed by atoms with Gasteiger partial charge in [0.1, 0.15) is 5.69 Å². The van der Waals surface area contributed by atoms with E-state index < -0.39 is 0 Å². The van der Waals surface area contributed by atoms with Gasteiger partial charge in [-0.2, -0.15) is 0 Å². The molecule has 2 amide bonds. The lowest BCUT2D eigenvalue weighted by molar-refractivity contribution is -0.116. The number of ether oxygens (including phenoxy) is 1. The van der Waals surface area contributed by atoms with Crippen LogP contribution in [0.2, 0.25) is 0 Å². The number of aromatic nitrogens is 1. The van der Waals surface area contributed by atoms with Crippen LogP contribution in [0.4, 0.5) is 11.4 Å². The Morgan fingerprint density at radius 2 is 1.70 bits per heavy atom. The van der Waals surface area contributed by atoms with Crippen LogP contribution in [0.3, 0.4) is 0 Å². The Kier molecular flexibility index (Phi) is 6.15. The van der Waals surface area contributed by atoms with Crippen molar-refractivity contribution < 1.29 is 14.3 Å². The molecule has 0 aliphatic heterocycles. The molecule has 0 bridgehead atoms. The minimum Gasteiger partial charge on any atom is -0.492 e. The maximum atomic E-state index is 13.0. The topological polar surface area (TPSA) is 83.2 Å². The van der Waals surface area contributed by atoms with Crippen LogP contribution in [0.15, 0.2) is 42.5 Å². The van der Waals surface area contributed by atoms with Crippen LogP contribution in [0, 0.1) is 0 Å². The lowest BCUT2D eigenvalue weighted by Gasteiger charge is -2.24. The maximum absolute atomic E-state index is 13.0. The highest BCUT2D eigenvalue weighted by atomic mass is 16.5. The Labute approximate surface area is 177 Å². The molecule has 158 valence electrons. The van der Waals surface area contributed by atoms with Crippen molar-refractivity contribution >= 4 is 34.1 Å². The monoisotopic (exact) mass is 407 g/mol. The van der Waals surface area contributed by atoms with Gasteiger partial charge >= 0.3 is 0 Å². The molecule has 30 heavy (non-hydrogen) atoms. The van der Waals surface area contributed by atoms with Crippen LogP contribution < -0.4 is 15.4 Å². The largest absolute Gasteiger partial charge is 0.492 e. The smallest absolute Gasteiger partial charge is 0.272 e. The zero-order chi connectivity index (χ0) is 21.9. The van der Waals surface area contributed by atoms with Gasteiger partial charge in [-0.3, -0.25) is 9.59 Å². The zero-order valence-corrected chi connectivity index (χ0v) is 18.2. The number of anilines is 2. The van der Waals surface area contributed by atoms with Crippen LogP contribution in [0.25, 0.3) is 10.9 Å². The Morgan fingerprint density at radius 1 is 1.03 bits per heavy atom. The number of nitrogens with one attached hydrogen (secondary N) is 3. The van der Waals surface area contributed by atoms with E-state index >= 15 is 0 Å². The molecule has 0 radical (unpaired) electrons. The van der Waals surface area contributed by atoms with Gasteiger partial charge in [0, 0.05) is 17.3 Å². The molecule has 0 spiro atoms. The van der Waals surface area contributed by atoms with Gasteiger partial charge in [0.25, 0.3) is 5.91 Å². The van der Waals surface area contributed by atoms with Crippen LogP contribution in [0.5, 0.6) is 5.75 Å². The molecule has 3 aromatic rings. The Morgan fingerprint density at radius 3 is 2.30 bits per heavy atom. The molecule has 6 heteroatoms. The molecule has 1 aromatic heterocycles. The van der Waals surface area contributed by atoms with Crippen LogP contribution in [-0.4, -0.2) is 23.9 Å². The summed E-state index contributed by atoms with van der Waals surface area (Å²) in [5, 5.41) is 6.84. The van der Waals surface area contributed by atoms with Gasteiger partial charge in [-0.05, 0) is 41.7 Å². The lowest BCUT2D eigenvalue weighted by atomic mass is 9.86. The summed E-state index contributed by atoms with van der Waals surface area (Å²) >= 11 is 0. The first-order valence-electron chi connectivity index (χ1n) is 10.1. The van der Waals surface area contributed by atoms with E-state index in [2.05, 4.69) is 36.4 Å². The summed E-state index contributed by atoms with van der Waals surface area (Å²) < 4.78 is 5.58. The third-order valence-electron chi connectivity index (χ3n) is 4.93. The van der Waals surface area contributed by atoms with E-state index in [9.17, 15) is 9.59 Å². The van der Waals surface area contributed by atoms with Crippen LogP contribution in [0.1, 0.15) is 56.6 Å². The number of para-hydroxylation sites is 1. The second kappa shape index (κ2) is 8.61. The molecule has 0 unspecified atom stereocenters. The van der Waals surface area contributed by atoms with E-state index in [4.69, 9.17) is 4.74 Å². The quantitative estimate of drug-likeness (QED) is 0.507. The summed E-state index contributed by atoms with van der Waals surface area (Å²) in [7, 11) is 1.53. The van der Waals surface area contributed by atoms with Gasteiger partial charge in [-0.25, -0.2) is 0 Å². The van der Waals surface area contributed by atoms with E-state index in [-0.39, 0.29) is 17.2 Å². The summed E-state index contributed by atoms with van der Waals surface area (Å²) in [4.78, 5) is 28.3. The van der Waals surface area contributed by atoms with Gasteiger partial charge in [0.05, 0.1) is 18.5 Å². The molecule has 0 fully saturated rings. The molecule has 3 rings (SSSR count). The number of benzene rings is 2. The summed E-state index contributed by atoms with van der Waals surface area (Å²) in [5.74, 6) is 0.0630. The number of fused-ring (bicyclic) bond motifs is 1. The zero-order valence-electron chi connectivity index (χ0n) is 18.2. The number of H-pyrrole nitrogens is 1. The highest BCUT2D eigenvalue weighted by Crippen LogP contribution is 2.39. The van der Waals surface area contributed by atoms with E-state index in [1.807, 2.05) is 49.4 Å². The normalized spacial score (nSPS) is 11.4. The summed E-state index contributed by atoms with van der Waals surface area (Å²) in [5.41, 5.74) is 3.20. The number of hydrogen-bond acceptors (Lipinski definition) is 3. The molecule has 0 atom stereocenters. The number of carbonyl (C=O) groups is 2. The number of amides is 2. The van der Waals surface area contributed by atoms with E-state index in [1.54, 1.807) is 0 Å². The summed E-state index contributed by atoms with van der Waals surface area (Å²) in [6.45, 7) is 8.19. The third kappa shape index (κ3) is 4.64. The fraction of sp³-hybridized carbons (Fsp3) is 0.333. The van der Waals surface area contributed by atoms with Gasteiger partial charge in [-0.15, -0.1) is 0 Å². The number of aromatic amines is 1. The SMILES string of the molecule is CCCC(=O)Nc1cc(C(C)(C)C)cc(NC(=O)c2cc3ccccc3[nH]2)c1OC. The van der Waals surface area contributed by atoms with Crippen LogP contribution in [-0.2, 0) is 10.2 Å². The average molecular weight is 408 g/mol. The van der Waals surface area contributed by atoms with Gasteiger partial charge < -0.3 is 20.4 Å². The maximum Gasteiger partial charge on any atom is 0.272 e. The van der Waals surface area contributed by atoms with Crippen LogP contribution >= 0.6 is 0 Å².